The van der Waals surface area contributed by atoms with Gasteiger partial charge in [0.1, 0.15) is 11.6 Å². The van der Waals surface area contributed by atoms with E-state index in [1.54, 1.807) is 20.8 Å². The van der Waals surface area contributed by atoms with Gasteiger partial charge in [-0.05, 0) is 27.0 Å². The third-order valence-electron chi connectivity index (χ3n) is 1.88. The van der Waals surface area contributed by atoms with Crippen molar-refractivity contribution in [2.75, 3.05) is 18.6 Å². The van der Waals surface area contributed by atoms with E-state index >= 15 is 0 Å². The maximum absolute atomic E-state index is 11.8. The van der Waals surface area contributed by atoms with Crippen LogP contribution < -0.4 is 10.6 Å². The summed E-state index contributed by atoms with van der Waals surface area (Å²) >= 11 is 1.44. The van der Waals surface area contributed by atoms with E-state index in [-0.39, 0.29) is 18.9 Å². The number of ether oxygens (including phenoxy) is 1. The summed E-state index contributed by atoms with van der Waals surface area (Å²) in [6.45, 7) is 5.53. The number of carbonyl (C=O) groups is 2. The van der Waals surface area contributed by atoms with Gasteiger partial charge in [-0.25, -0.2) is 4.79 Å². The highest BCUT2D eigenvalue weighted by Gasteiger charge is 2.23. The first-order valence-electron chi connectivity index (χ1n) is 5.93. The van der Waals surface area contributed by atoms with E-state index in [9.17, 15) is 9.59 Å². The van der Waals surface area contributed by atoms with Crippen LogP contribution >= 0.6 is 11.8 Å². The minimum absolute atomic E-state index is 0.240. The Kier molecular flexibility index (Phi) is 8.00. The Bertz CT molecular complexity index is 347. The van der Waals surface area contributed by atoms with Crippen LogP contribution in [-0.4, -0.2) is 42.2 Å². The fourth-order valence-corrected chi connectivity index (χ4v) is 1.73. The van der Waals surface area contributed by atoms with Gasteiger partial charge in [-0.1, -0.05) is 0 Å². The number of nitrogens with zero attached hydrogens (tertiary/aromatic N) is 1. The molecule has 1 unspecified atom stereocenters. The van der Waals surface area contributed by atoms with Crippen LogP contribution in [0.1, 0.15) is 27.2 Å². The Morgan fingerprint density at radius 3 is 2.53 bits per heavy atom. The van der Waals surface area contributed by atoms with Crippen LogP contribution in [0.2, 0.25) is 0 Å². The molecule has 7 heteroatoms. The molecular formula is C12H21N3O3S. The van der Waals surface area contributed by atoms with Gasteiger partial charge in [-0.2, -0.15) is 17.0 Å². The van der Waals surface area contributed by atoms with Crippen molar-refractivity contribution in [3.63, 3.8) is 0 Å². The summed E-state index contributed by atoms with van der Waals surface area (Å²) in [5, 5.41) is 13.5. The molecule has 0 spiro atoms. The number of nitrogens with one attached hydrogen (secondary N) is 2. The van der Waals surface area contributed by atoms with E-state index in [2.05, 4.69) is 10.6 Å². The predicted molar refractivity (Wildman–Crippen MR) is 74.8 cm³/mol. The summed E-state index contributed by atoms with van der Waals surface area (Å²) in [5.41, 5.74) is -0.606. The molecule has 108 valence electrons. The molecule has 0 fully saturated rings. The Balaban J connectivity index is 4.36. The number of thioether (sulfide) groups is 1. The first-order chi connectivity index (χ1) is 8.80. The summed E-state index contributed by atoms with van der Waals surface area (Å²) in [7, 11) is 0. The van der Waals surface area contributed by atoms with E-state index in [0.29, 0.717) is 5.75 Å². The molecule has 0 saturated carbocycles. The second-order valence-corrected chi connectivity index (χ2v) is 5.76. The minimum Gasteiger partial charge on any atom is -0.444 e. The van der Waals surface area contributed by atoms with Crippen LogP contribution in [-0.2, 0) is 9.53 Å². The number of rotatable bonds is 6. The molecule has 0 aromatic carbocycles. The first kappa shape index (κ1) is 17.6. The molecule has 0 radical (unpaired) electrons. The minimum atomic E-state index is -0.663. The van der Waals surface area contributed by atoms with E-state index in [1.807, 2.05) is 12.3 Å². The average molecular weight is 287 g/mol. The van der Waals surface area contributed by atoms with Gasteiger partial charge in [0.2, 0.25) is 5.91 Å². The molecule has 0 aromatic heterocycles. The second kappa shape index (κ2) is 8.64. The van der Waals surface area contributed by atoms with E-state index in [4.69, 9.17) is 10.00 Å². The molecule has 0 rings (SSSR count). The molecule has 1 atom stereocenters. The average Bonchev–Trinajstić information content (AvgIpc) is 2.26. The highest BCUT2D eigenvalue weighted by Crippen LogP contribution is 2.07. The van der Waals surface area contributed by atoms with Crippen LogP contribution in [0.15, 0.2) is 0 Å². The Hall–Kier alpha value is -1.42. The Morgan fingerprint density at radius 2 is 2.05 bits per heavy atom. The monoisotopic (exact) mass is 287 g/mol. The zero-order valence-electron chi connectivity index (χ0n) is 11.8. The summed E-state index contributed by atoms with van der Waals surface area (Å²) in [6, 6.07) is 1.27. The van der Waals surface area contributed by atoms with Gasteiger partial charge in [0.15, 0.2) is 0 Å². The van der Waals surface area contributed by atoms with Crippen LogP contribution in [0.4, 0.5) is 4.79 Å². The fraction of sp³-hybridized carbons (Fsp3) is 0.750. The Morgan fingerprint density at radius 1 is 1.42 bits per heavy atom. The topological polar surface area (TPSA) is 91.2 Å². The van der Waals surface area contributed by atoms with Crippen molar-refractivity contribution in [3.8, 4) is 6.07 Å². The quantitative estimate of drug-likeness (QED) is 0.718. The van der Waals surface area contributed by atoms with Crippen molar-refractivity contribution in [2.45, 2.75) is 38.8 Å². The number of alkyl carbamates (subject to hydrolysis) is 1. The summed E-state index contributed by atoms with van der Waals surface area (Å²) in [6.07, 6.45) is 1.46. The van der Waals surface area contributed by atoms with Gasteiger partial charge in [0, 0.05) is 12.3 Å². The zero-order valence-corrected chi connectivity index (χ0v) is 12.6. The Labute approximate surface area is 118 Å². The number of nitriles is 1. The normalized spacial score (nSPS) is 12.2. The zero-order chi connectivity index (χ0) is 14.9. The molecule has 0 heterocycles. The lowest BCUT2D eigenvalue weighted by Gasteiger charge is -2.22. The van der Waals surface area contributed by atoms with Gasteiger partial charge in [-0.15, -0.1) is 0 Å². The molecule has 6 nitrogen and oxygen atoms in total. The molecule has 0 aliphatic heterocycles. The standard InChI is InChI=1S/C12H21N3O3S/c1-12(2,3)18-11(17)15-9(8-19-4)10(16)14-7-5-6-13/h9H,5,7-8H2,1-4H3,(H,14,16)(H,15,17). The van der Waals surface area contributed by atoms with Gasteiger partial charge < -0.3 is 15.4 Å². The summed E-state index contributed by atoms with van der Waals surface area (Å²) in [4.78, 5) is 23.4. The largest absolute Gasteiger partial charge is 0.444 e. The number of carbonyl (C=O) groups excluding carboxylic acids is 2. The summed E-state index contributed by atoms with van der Waals surface area (Å²) in [5.74, 6) is 0.132. The summed E-state index contributed by atoms with van der Waals surface area (Å²) < 4.78 is 5.10. The van der Waals surface area contributed by atoms with Crippen LogP contribution in [0.5, 0.6) is 0 Å². The van der Waals surface area contributed by atoms with Crippen LogP contribution in [0.3, 0.4) is 0 Å². The van der Waals surface area contributed by atoms with E-state index in [1.165, 1.54) is 11.8 Å². The van der Waals surface area contributed by atoms with Crippen molar-refractivity contribution >= 4 is 23.8 Å². The van der Waals surface area contributed by atoms with E-state index < -0.39 is 17.7 Å². The van der Waals surface area contributed by atoms with Crippen molar-refractivity contribution in [1.29, 1.82) is 5.26 Å². The fourth-order valence-electron chi connectivity index (χ4n) is 1.16. The third-order valence-corrected chi connectivity index (χ3v) is 2.54. The molecule has 0 aliphatic carbocycles. The SMILES string of the molecule is CSCC(NC(=O)OC(C)(C)C)C(=O)NCCC#N. The molecule has 0 aromatic rings. The first-order valence-corrected chi connectivity index (χ1v) is 7.32. The number of hydrogen-bond acceptors (Lipinski definition) is 5. The van der Waals surface area contributed by atoms with Crippen molar-refractivity contribution in [2.24, 2.45) is 0 Å². The number of hydrogen-bond donors (Lipinski definition) is 2. The molecule has 0 bridgehead atoms. The van der Waals surface area contributed by atoms with Crippen molar-refractivity contribution < 1.29 is 14.3 Å². The second-order valence-electron chi connectivity index (χ2n) is 4.85. The van der Waals surface area contributed by atoms with Gasteiger partial charge in [0.05, 0.1) is 12.5 Å². The highest BCUT2D eigenvalue weighted by atomic mass is 32.2. The molecular weight excluding hydrogens is 266 g/mol. The lowest BCUT2D eigenvalue weighted by Crippen LogP contribution is -2.49. The molecule has 2 N–H and O–H groups in total. The molecule has 0 aliphatic rings. The van der Waals surface area contributed by atoms with Crippen LogP contribution in [0, 0.1) is 11.3 Å². The molecule has 19 heavy (non-hydrogen) atoms. The van der Waals surface area contributed by atoms with Crippen molar-refractivity contribution in [3.05, 3.63) is 0 Å². The van der Waals surface area contributed by atoms with E-state index in [0.717, 1.165) is 0 Å². The number of amides is 2. The maximum atomic E-state index is 11.8. The smallest absolute Gasteiger partial charge is 0.408 e. The molecule has 2 amide bonds. The maximum Gasteiger partial charge on any atom is 0.408 e. The lowest BCUT2D eigenvalue weighted by molar-refractivity contribution is -0.122. The van der Waals surface area contributed by atoms with Gasteiger partial charge in [-0.3, -0.25) is 4.79 Å². The lowest BCUT2D eigenvalue weighted by atomic mass is 10.2. The molecule has 0 saturated heterocycles. The predicted octanol–water partition coefficient (Wildman–Crippen LogP) is 1.27. The third kappa shape index (κ3) is 9.19. The van der Waals surface area contributed by atoms with Gasteiger partial charge >= 0.3 is 6.09 Å². The van der Waals surface area contributed by atoms with Crippen LogP contribution in [0.25, 0.3) is 0 Å². The highest BCUT2D eigenvalue weighted by molar-refractivity contribution is 7.98. The van der Waals surface area contributed by atoms with Crippen molar-refractivity contribution in [1.82, 2.24) is 10.6 Å². The van der Waals surface area contributed by atoms with Gasteiger partial charge in [0.25, 0.3) is 0 Å².